The van der Waals surface area contributed by atoms with Crippen LogP contribution in [0.2, 0.25) is 0 Å². The van der Waals surface area contributed by atoms with Crippen molar-refractivity contribution >= 4 is 12.6 Å². The van der Waals surface area contributed by atoms with E-state index in [1.807, 2.05) is 27.7 Å². The molecule has 1 fully saturated rings. The van der Waals surface area contributed by atoms with E-state index in [4.69, 9.17) is 9.31 Å². The van der Waals surface area contributed by atoms with Crippen molar-refractivity contribution in [1.29, 1.82) is 0 Å². The van der Waals surface area contributed by atoms with Crippen LogP contribution in [0, 0.1) is 0 Å². The summed E-state index contributed by atoms with van der Waals surface area (Å²) in [6, 6.07) is 0. The van der Waals surface area contributed by atoms with Crippen molar-refractivity contribution in [1.82, 2.24) is 9.78 Å². The van der Waals surface area contributed by atoms with Crippen LogP contribution in [-0.4, -0.2) is 33.2 Å². The highest BCUT2D eigenvalue weighted by Gasteiger charge is 2.53. The topological polar surface area (TPSA) is 56.5 Å². The predicted molar refractivity (Wildman–Crippen MR) is 60.9 cm³/mol. The summed E-state index contributed by atoms with van der Waals surface area (Å²) in [5.41, 5.74) is -1.09. The maximum atomic E-state index is 12.5. The van der Waals surface area contributed by atoms with Gasteiger partial charge < -0.3 is 14.4 Å². The Hall–Kier alpha value is -1.15. The second-order valence-corrected chi connectivity index (χ2v) is 5.25. The van der Waals surface area contributed by atoms with Crippen molar-refractivity contribution in [3.8, 4) is 5.88 Å². The third-order valence-electron chi connectivity index (χ3n) is 3.45. The molecule has 1 saturated heterocycles. The Labute approximate surface area is 104 Å². The standard InChI is InChI=1S/C10H15BF2N2O3/c1-9(2)10(3,4)18-11(17-9)6-5-15(8(12)13)14-7(6)16/h5,8H,1-4H3,(H,14,16). The second-order valence-electron chi connectivity index (χ2n) is 5.25. The second kappa shape index (κ2) is 3.93. The third-order valence-corrected chi connectivity index (χ3v) is 3.45. The Morgan fingerprint density at radius 1 is 1.28 bits per heavy atom. The molecule has 0 radical (unpaired) electrons. The molecule has 1 aliphatic rings. The largest absolute Gasteiger partial charge is 0.502 e. The lowest BCUT2D eigenvalue weighted by atomic mass is 9.81. The number of aromatic nitrogens is 2. The summed E-state index contributed by atoms with van der Waals surface area (Å²) in [4.78, 5) is 0. The molecule has 18 heavy (non-hydrogen) atoms. The molecule has 5 nitrogen and oxygen atoms in total. The molecular weight excluding hydrogens is 245 g/mol. The molecule has 0 bridgehead atoms. The van der Waals surface area contributed by atoms with E-state index < -0.39 is 30.7 Å². The van der Waals surface area contributed by atoms with Gasteiger partial charge in [0.05, 0.1) is 16.7 Å². The van der Waals surface area contributed by atoms with E-state index in [0.29, 0.717) is 4.68 Å². The highest BCUT2D eigenvalue weighted by molar-refractivity contribution is 6.63. The molecule has 1 aromatic rings. The Bertz CT molecular complexity index is 446. The first-order chi connectivity index (χ1) is 8.14. The zero-order valence-corrected chi connectivity index (χ0v) is 10.6. The maximum absolute atomic E-state index is 12.5. The van der Waals surface area contributed by atoms with E-state index in [1.165, 1.54) is 0 Å². The summed E-state index contributed by atoms with van der Waals surface area (Å²) >= 11 is 0. The summed E-state index contributed by atoms with van der Waals surface area (Å²) in [5, 5.41) is 12.9. The van der Waals surface area contributed by atoms with E-state index in [9.17, 15) is 13.9 Å². The van der Waals surface area contributed by atoms with E-state index >= 15 is 0 Å². The Morgan fingerprint density at radius 3 is 2.17 bits per heavy atom. The van der Waals surface area contributed by atoms with E-state index in [0.717, 1.165) is 6.20 Å². The average molecular weight is 260 g/mol. The van der Waals surface area contributed by atoms with Gasteiger partial charge in [0.15, 0.2) is 0 Å². The van der Waals surface area contributed by atoms with Crippen molar-refractivity contribution < 1.29 is 23.2 Å². The SMILES string of the molecule is CC1(C)OB(c2cn(C(F)F)nc2O)OC1(C)C. The minimum Gasteiger partial charge on any atom is -0.492 e. The Balaban J connectivity index is 2.30. The van der Waals surface area contributed by atoms with E-state index in [-0.39, 0.29) is 5.46 Å². The molecule has 2 heterocycles. The molecular formula is C10H15BF2N2O3. The fourth-order valence-corrected chi connectivity index (χ4v) is 1.63. The molecule has 2 rings (SSSR count). The molecule has 0 atom stereocenters. The summed E-state index contributed by atoms with van der Waals surface area (Å²) in [6.45, 7) is 4.53. The molecule has 0 aliphatic carbocycles. The van der Waals surface area contributed by atoms with Crippen LogP contribution in [0.1, 0.15) is 34.2 Å². The van der Waals surface area contributed by atoms with Gasteiger partial charge in [0.25, 0.3) is 0 Å². The fourth-order valence-electron chi connectivity index (χ4n) is 1.63. The van der Waals surface area contributed by atoms with Gasteiger partial charge in [0.1, 0.15) is 0 Å². The van der Waals surface area contributed by atoms with Crippen LogP contribution in [0.15, 0.2) is 6.20 Å². The van der Waals surface area contributed by atoms with Gasteiger partial charge in [-0.25, -0.2) is 4.68 Å². The monoisotopic (exact) mass is 260 g/mol. The van der Waals surface area contributed by atoms with Crippen molar-refractivity contribution in [2.45, 2.75) is 45.4 Å². The molecule has 100 valence electrons. The summed E-state index contributed by atoms with van der Waals surface area (Å²) in [6.07, 6.45) is 1.03. The van der Waals surface area contributed by atoms with Crippen LogP contribution >= 0.6 is 0 Å². The predicted octanol–water partition coefficient (Wildman–Crippen LogP) is 1.28. The van der Waals surface area contributed by atoms with E-state index in [1.54, 1.807) is 0 Å². The minimum atomic E-state index is -2.81. The molecule has 0 aromatic carbocycles. The average Bonchev–Trinajstić information content (AvgIpc) is 2.66. The Kier molecular flexibility index (Phi) is 2.90. The summed E-state index contributed by atoms with van der Waals surface area (Å²) < 4.78 is 36.6. The van der Waals surface area contributed by atoms with Crippen LogP contribution < -0.4 is 5.46 Å². The van der Waals surface area contributed by atoms with Crippen LogP contribution in [0.5, 0.6) is 5.88 Å². The summed E-state index contributed by atoms with van der Waals surface area (Å²) in [5.74, 6) is -0.506. The van der Waals surface area contributed by atoms with Gasteiger partial charge in [-0.2, -0.15) is 8.78 Å². The lowest BCUT2D eigenvalue weighted by Crippen LogP contribution is -2.41. The fraction of sp³-hybridized carbons (Fsp3) is 0.700. The van der Waals surface area contributed by atoms with Crippen LogP contribution in [-0.2, 0) is 9.31 Å². The van der Waals surface area contributed by atoms with Gasteiger partial charge >= 0.3 is 13.7 Å². The lowest BCUT2D eigenvalue weighted by molar-refractivity contribution is 0.00578. The van der Waals surface area contributed by atoms with Crippen molar-refractivity contribution in [3.05, 3.63) is 6.20 Å². The Morgan fingerprint density at radius 2 is 1.78 bits per heavy atom. The molecule has 0 unspecified atom stereocenters. The quantitative estimate of drug-likeness (QED) is 0.814. The molecule has 1 aromatic heterocycles. The zero-order valence-electron chi connectivity index (χ0n) is 10.6. The maximum Gasteiger partial charge on any atom is 0.502 e. The highest BCUT2D eigenvalue weighted by Crippen LogP contribution is 2.37. The van der Waals surface area contributed by atoms with Gasteiger partial charge in [-0.05, 0) is 27.7 Å². The van der Waals surface area contributed by atoms with Gasteiger partial charge in [0, 0.05) is 6.20 Å². The first-order valence-electron chi connectivity index (χ1n) is 5.56. The van der Waals surface area contributed by atoms with Crippen LogP contribution in [0.25, 0.3) is 0 Å². The van der Waals surface area contributed by atoms with E-state index in [2.05, 4.69) is 5.10 Å². The molecule has 1 aliphatic heterocycles. The lowest BCUT2D eigenvalue weighted by Gasteiger charge is -2.32. The van der Waals surface area contributed by atoms with Crippen molar-refractivity contribution in [3.63, 3.8) is 0 Å². The third kappa shape index (κ3) is 1.99. The number of rotatable bonds is 2. The van der Waals surface area contributed by atoms with Gasteiger partial charge in [-0.3, -0.25) is 0 Å². The molecule has 1 N–H and O–H groups in total. The number of hydrogen-bond donors (Lipinski definition) is 1. The smallest absolute Gasteiger partial charge is 0.492 e. The molecule has 0 amide bonds. The normalized spacial score (nSPS) is 21.8. The van der Waals surface area contributed by atoms with Gasteiger partial charge in [-0.1, -0.05) is 0 Å². The van der Waals surface area contributed by atoms with Gasteiger partial charge in [0.2, 0.25) is 5.88 Å². The molecule has 8 heteroatoms. The summed E-state index contributed by atoms with van der Waals surface area (Å²) in [7, 11) is -0.900. The number of aromatic hydroxyl groups is 1. The molecule has 0 spiro atoms. The van der Waals surface area contributed by atoms with Crippen molar-refractivity contribution in [2.24, 2.45) is 0 Å². The number of halogens is 2. The number of hydrogen-bond acceptors (Lipinski definition) is 4. The van der Waals surface area contributed by atoms with Gasteiger partial charge in [-0.15, -0.1) is 5.10 Å². The first-order valence-corrected chi connectivity index (χ1v) is 5.56. The first kappa shape index (κ1) is 13.3. The molecule has 0 saturated carbocycles. The van der Waals surface area contributed by atoms with Crippen molar-refractivity contribution in [2.75, 3.05) is 0 Å². The highest BCUT2D eigenvalue weighted by atomic mass is 19.3. The number of alkyl halides is 2. The van der Waals surface area contributed by atoms with Crippen LogP contribution in [0.3, 0.4) is 0 Å². The minimum absolute atomic E-state index is 0.106. The number of nitrogens with zero attached hydrogens (tertiary/aromatic N) is 2. The van der Waals surface area contributed by atoms with Crippen LogP contribution in [0.4, 0.5) is 8.78 Å². The zero-order chi connectivity index (χ0) is 13.7.